The van der Waals surface area contributed by atoms with Crippen LogP contribution in [0, 0.1) is 17.8 Å². The average molecular weight is 456 g/mol. The molecule has 4 aliphatic rings. The third kappa shape index (κ3) is 3.18. The average Bonchev–Trinajstić information content (AvgIpc) is 3.32. The topological polar surface area (TPSA) is 179 Å². The molecule has 2 heterocycles. The third-order valence-electron chi connectivity index (χ3n) is 7.46. The van der Waals surface area contributed by atoms with Crippen LogP contribution in [-0.4, -0.2) is 68.9 Å². The highest BCUT2D eigenvalue weighted by atomic mass is 16.3. The number of benzene rings is 1. The van der Waals surface area contributed by atoms with Gasteiger partial charge in [-0.05, 0) is 24.5 Å². The molecular formula is C22H24N4O7. The molecule has 1 aromatic rings. The lowest BCUT2D eigenvalue weighted by molar-refractivity contribution is -0.136. The Hall–Kier alpha value is -3.15. The number of piperidine rings is 1. The van der Waals surface area contributed by atoms with Crippen LogP contribution in [0.25, 0.3) is 0 Å². The quantitative estimate of drug-likeness (QED) is 0.323. The van der Waals surface area contributed by atoms with Crippen molar-refractivity contribution in [1.29, 1.82) is 0 Å². The van der Waals surface area contributed by atoms with E-state index in [2.05, 4.69) is 10.6 Å². The summed E-state index contributed by atoms with van der Waals surface area (Å²) in [6.45, 7) is -0.0357. The molecule has 2 bridgehead atoms. The smallest absolute Gasteiger partial charge is 0.262 e. The van der Waals surface area contributed by atoms with Crippen molar-refractivity contribution in [3.05, 3.63) is 34.9 Å². The summed E-state index contributed by atoms with van der Waals surface area (Å²) in [4.78, 5) is 63.4. The highest BCUT2D eigenvalue weighted by Gasteiger charge is 2.59. The van der Waals surface area contributed by atoms with E-state index in [0.29, 0.717) is 12.0 Å². The summed E-state index contributed by atoms with van der Waals surface area (Å²) >= 11 is 0. The summed E-state index contributed by atoms with van der Waals surface area (Å²) in [5.41, 5.74) is 6.75. The molecule has 2 aliphatic heterocycles. The van der Waals surface area contributed by atoms with Crippen molar-refractivity contribution in [2.45, 2.75) is 50.1 Å². The lowest BCUT2D eigenvalue weighted by atomic mass is 9.84. The van der Waals surface area contributed by atoms with E-state index in [0.717, 1.165) is 4.90 Å². The molecule has 11 heteroatoms. The number of aliphatic hydroxyl groups is 2. The lowest BCUT2D eigenvalue weighted by Crippen LogP contribution is -2.54. The number of imide groups is 2. The van der Waals surface area contributed by atoms with Gasteiger partial charge in [-0.2, -0.15) is 0 Å². The van der Waals surface area contributed by atoms with Crippen molar-refractivity contribution in [3.63, 3.8) is 0 Å². The normalized spacial score (nSPS) is 35.1. The van der Waals surface area contributed by atoms with Crippen LogP contribution < -0.4 is 16.4 Å². The molecule has 6 N–H and O–H groups in total. The molecule has 3 fully saturated rings. The van der Waals surface area contributed by atoms with Crippen molar-refractivity contribution in [2.75, 3.05) is 0 Å². The number of carbonyl (C=O) groups excluding carboxylic acids is 5. The predicted molar refractivity (Wildman–Crippen MR) is 110 cm³/mol. The molecule has 1 saturated heterocycles. The van der Waals surface area contributed by atoms with Crippen LogP contribution in [0.15, 0.2) is 18.2 Å². The zero-order valence-corrected chi connectivity index (χ0v) is 17.6. The second kappa shape index (κ2) is 7.72. The van der Waals surface area contributed by atoms with Gasteiger partial charge in [0.1, 0.15) is 6.04 Å². The Morgan fingerprint density at radius 1 is 1.15 bits per heavy atom. The number of fused-ring (bicyclic) bond motifs is 3. The number of aliphatic hydroxyl groups excluding tert-OH is 2. The first-order chi connectivity index (χ1) is 15.7. The summed E-state index contributed by atoms with van der Waals surface area (Å²) in [6, 6.07) is 3.16. The number of nitrogens with one attached hydrogen (secondary N) is 2. The van der Waals surface area contributed by atoms with Gasteiger partial charge in [0.25, 0.3) is 11.8 Å². The number of hydrogen-bond acceptors (Lipinski definition) is 8. The third-order valence-corrected chi connectivity index (χ3v) is 7.46. The molecule has 7 atom stereocenters. The van der Waals surface area contributed by atoms with E-state index in [1.54, 1.807) is 12.1 Å². The van der Waals surface area contributed by atoms with E-state index >= 15 is 0 Å². The Morgan fingerprint density at radius 2 is 1.91 bits per heavy atom. The maximum atomic E-state index is 13.1. The summed E-state index contributed by atoms with van der Waals surface area (Å²) in [5.74, 6) is -4.19. The van der Waals surface area contributed by atoms with Gasteiger partial charge in [-0.1, -0.05) is 12.1 Å². The predicted octanol–water partition coefficient (Wildman–Crippen LogP) is -1.98. The van der Waals surface area contributed by atoms with Gasteiger partial charge in [-0.25, -0.2) is 0 Å². The number of carbonyl (C=O) groups is 5. The second-order valence-corrected chi connectivity index (χ2v) is 9.15. The zero-order valence-electron chi connectivity index (χ0n) is 17.6. The highest BCUT2D eigenvalue weighted by molar-refractivity contribution is 6.24. The summed E-state index contributed by atoms with van der Waals surface area (Å²) in [6.07, 6.45) is -1.55. The van der Waals surface area contributed by atoms with E-state index in [9.17, 15) is 34.2 Å². The Kier molecular flexibility index (Phi) is 5.07. The number of nitrogens with zero attached hydrogens (tertiary/aromatic N) is 1. The maximum Gasteiger partial charge on any atom is 0.262 e. The molecule has 1 aromatic carbocycles. The van der Waals surface area contributed by atoms with Gasteiger partial charge >= 0.3 is 0 Å². The second-order valence-electron chi connectivity index (χ2n) is 9.15. The van der Waals surface area contributed by atoms with Crippen molar-refractivity contribution < 1.29 is 34.2 Å². The first kappa shape index (κ1) is 21.7. The molecule has 33 heavy (non-hydrogen) atoms. The van der Waals surface area contributed by atoms with E-state index < -0.39 is 59.8 Å². The van der Waals surface area contributed by atoms with Gasteiger partial charge in [0, 0.05) is 36.8 Å². The Morgan fingerprint density at radius 3 is 2.58 bits per heavy atom. The van der Waals surface area contributed by atoms with Gasteiger partial charge in [0.15, 0.2) is 0 Å². The van der Waals surface area contributed by atoms with Crippen LogP contribution in [0.5, 0.6) is 0 Å². The molecule has 5 amide bonds. The van der Waals surface area contributed by atoms with E-state index in [1.165, 1.54) is 6.07 Å². The van der Waals surface area contributed by atoms with Crippen LogP contribution in [0.3, 0.4) is 0 Å². The molecule has 2 aliphatic carbocycles. The first-order valence-corrected chi connectivity index (χ1v) is 10.9. The minimum Gasteiger partial charge on any atom is -0.390 e. The van der Waals surface area contributed by atoms with E-state index in [-0.39, 0.29) is 42.3 Å². The van der Waals surface area contributed by atoms with Crippen LogP contribution in [0.2, 0.25) is 0 Å². The monoisotopic (exact) mass is 456 g/mol. The van der Waals surface area contributed by atoms with E-state index in [4.69, 9.17) is 5.73 Å². The molecule has 0 spiro atoms. The maximum absolute atomic E-state index is 13.1. The Labute approximate surface area is 188 Å². The van der Waals surface area contributed by atoms with Gasteiger partial charge in [-0.3, -0.25) is 34.2 Å². The lowest BCUT2D eigenvalue weighted by Gasteiger charge is -2.28. The Bertz CT molecular complexity index is 1080. The van der Waals surface area contributed by atoms with Crippen molar-refractivity contribution in [3.8, 4) is 0 Å². The fraction of sp³-hybridized carbons (Fsp3) is 0.500. The van der Waals surface area contributed by atoms with Crippen LogP contribution >= 0.6 is 0 Å². The van der Waals surface area contributed by atoms with Gasteiger partial charge in [0.2, 0.25) is 17.7 Å². The Balaban J connectivity index is 1.32. The number of nitrogens with two attached hydrogens (primary N) is 1. The van der Waals surface area contributed by atoms with Crippen molar-refractivity contribution in [2.24, 2.45) is 23.5 Å². The summed E-state index contributed by atoms with van der Waals surface area (Å²) in [5, 5.41) is 25.1. The molecule has 11 nitrogen and oxygen atoms in total. The van der Waals surface area contributed by atoms with Gasteiger partial charge in [0.05, 0.1) is 23.3 Å². The number of amides is 5. The first-order valence-electron chi connectivity index (χ1n) is 10.9. The molecule has 5 rings (SSSR count). The molecule has 174 valence electrons. The molecular weight excluding hydrogens is 432 g/mol. The van der Waals surface area contributed by atoms with Gasteiger partial charge < -0.3 is 21.3 Å². The SMILES string of the molecule is N[C@@H]1C2[C@@H](C(=O)NCc3cccc4c3C(=O)N(C3CCC(=O)NC3=O)C4=O)C[C@H]1[C@@H](O)[C@H]2O. The van der Waals surface area contributed by atoms with Crippen LogP contribution in [0.4, 0.5) is 0 Å². The van der Waals surface area contributed by atoms with Crippen molar-refractivity contribution in [1.82, 2.24) is 15.5 Å². The molecule has 0 aromatic heterocycles. The fourth-order valence-electron chi connectivity index (χ4n) is 5.80. The molecule has 2 saturated carbocycles. The zero-order chi connectivity index (χ0) is 23.6. The molecule has 0 radical (unpaired) electrons. The van der Waals surface area contributed by atoms with Gasteiger partial charge in [-0.15, -0.1) is 0 Å². The highest BCUT2D eigenvalue weighted by Crippen LogP contribution is 2.48. The van der Waals surface area contributed by atoms with Crippen LogP contribution in [0.1, 0.15) is 45.5 Å². The van der Waals surface area contributed by atoms with Crippen molar-refractivity contribution >= 4 is 29.5 Å². The summed E-state index contributed by atoms with van der Waals surface area (Å²) < 4.78 is 0. The van der Waals surface area contributed by atoms with Crippen LogP contribution in [-0.2, 0) is 20.9 Å². The largest absolute Gasteiger partial charge is 0.390 e. The minimum absolute atomic E-state index is 0.0267. The standard InChI is InChI=1S/C22H24N4O7/c23-16-11-6-10(15(16)18(29)17(11)28)19(30)24-7-8-2-1-3-9-14(8)22(33)26(21(9)32)12-4-5-13(27)25-20(12)31/h1-3,10-12,15-18,28-29H,4-7,23H2,(H,24,30)(H,25,27,31)/t10-,11+,12?,15?,16-,17+,18-/m0/s1. The number of rotatable bonds is 4. The van der Waals surface area contributed by atoms with E-state index in [1.807, 2.05) is 0 Å². The summed E-state index contributed by atoms with van der Waals surface area (Å²) in [7, 11) is 0. The fourth-order valence-corrected chi connectivity index (χ4v) is 5.80. The minimum atomic E-state index is -1.07. The molecule has 2 unspecified atom stereocenters. The number of hydrogen-bond donors (Lipinski definition) is 5.